The second-order valence-electron chi connectivity index (χ2n) is 3.77. The van der Waals surface area contributed by atoms with Crippen LogP contribution in [0, 0.1) is 0 Å². The van der Waals surface area contributed by atoms with Crippen molar-refractivity contribution in [3.63, 3.8) is 0 Å². The zero-order valence-electron chi connectivity index (χ0n) is 7.92. The molecule has 0 aliphatic rings. The second kappa shape index (κ2) is 4.34. The molecular weight excluding hydrogens is 218 g/mol. The molecule has 0 aliphatic heterocycles. The number of hydrogen-bond acceptors (Lipinski definition) is 1. The van der Waals surface area contributed by atoms with Crippen LogP contribution in [0.4, 0.5) is 0 Å². The first-order valence-electron chi connectivity index (χ1n) is 3.78. The largest absolute Gasteiger partial charge is 2.00 e. The summed E-state index contributed by atoms with van der Waals surface area (Å²) >= 11 is 4.99. The van der Waals surface area contributed by atoms with E-state index in [9.17, 15) is 0 Å². The van der Waals surface area contributed by atoms with Gasteiger partial charge in [-0.05, 0) is 11.0 Å². The van der Waals surface area contributed by atoms with Crippen molar-refractivity contribution in [2.45, 2.75) is 31.1 Å². The van der Waals surface area contributed by atoms with E-state index in [0.717, 1.165) is 4.90 Å². The molecule has 0 saturated heterocycles. The van der Waals surface area contributed by atoms with E-state index in [1.807, 2.05) is 12.1 Å². The molecule has 0 nitrogen and oxygen atoms in total. The minimum Gasteiger partial charge on any atom is -0.780 e. The fourth-order valence-corrected chi connectivity index (χ4v) is 1.09. The van der Waals surface area contributed by atoms with Gasteiger partial charge in [-0.2, -0.15) is 4.90 Å². The molecule has 0 aromatic heterocycles. The Morgan fingerprint density at radius 1 is 1.00 bits per heavy atom. The van der Waals surface area contributed by atoms with Gasteiger partial charge in [0.2, 0.25) is 0 Å². The van der Waals surface area contributed by atoms with Gasteiger partial charge in [-0.3, -0.25) is 0 Å². The van der Waals surface area contributed by atoms with Gasteiger partial charge >= 0.3 is 19.5 Å². The summed E-state index contributed by atoms with van der Waals surface area (Å²) in [5, 5.41) is 0. The van der Waals surface area contributed by atoms with Crippen LogP contribution < -0.4 is 0 Å². The van der Waals surface area contributed by atoms with Gasteiger partial charge in [0.25, 0.3) is 0 Å². The first kappa shape index (κ1) is 12.1. The maximum Gasteiger partial charge on any atom is 2.00 e. The van der Waals surface area contributed by atoms with Crippen molar-refractivity contribution < 1.29 is 19.5 Å². The van der Waals surface area contributed by atoms with Gasteiger partial charge in [-0.25, -0.2) is 0 Å². The van der Waals surface area contributed by atoms with E-state index >= 15 is 0 Å². The third kappa shape index (κ3) is 3.20. The Morgan fingerprint density at radius 3 is 1.75 bits per heavy atom. The molecule has 12 heavy (non-hydrogen) atoms. The van der Waals surface area contributed by atoms with E-state index in [2.05, 4.69) is 32.9 Å². The van der Waals surface area contributed by atoms with Crippen molar-refractivity contribution in [3.8, 4) is 0 Å². The molecule has 0 radical (unpaired) electrons. The molecule has 2 heteroatoms. The van der Waals surface area contributed by atoms with Crippen LogP contribution in [0.3, 0.4) is 0 Å². The first-order chi connectivity index (χ1) is 5.00. The summed E-state index contributed by atoms with van der Waals surface area (Å²) in [6, 6.07) is 8.16. The predicted octanol–water partition coefficient (Wildman–Crippen LogP) is 2.89. The molecule has 0 atom stereocenters. The SMILES string of the molecule is CC(C)(C)c1ccc([S-])cc1.[Zn+2]. The number of rotatable bonds is 0. The fraction of sp³-hybridized carbons (Fsp3) is 0.400. The fourth-order valence-electron chi connectivity index (χ4n) is 0.955. The van der Waals surface area contributed by atoms with Crippen molar-refractivity contribution in [2.75, 3.05) is 0 Å². The Balaban J connectivity index is 0.00000121. The molecule has 0 aliphatic carbocycles. The summed E-state index contributed by atoms with van der Waals surface area (Å²) in [6.45, 7) is 6.60. The summed E-state index contributed by atoms with van der Waals surface area (Å²) in [6.07, 6.45) is 0. The van der Waals surface area contributed by atoms with Gasteiger partial charge in [0.1, 0.15) is 0 Å². The van der Waals surface area contributed by atoms with E-state index in [-0.39, 0.29) is 24.9 Å². The van der Waals surface area contributed by atoms with Crippen molar-refractivity contribution in [1.82, 2.24) is 0 Å². The van der Waals surface area contributed by atoms with Gasteiger partial charge in [0.15, 0.2) is 0 Å². The minimum absolute atomic E-state index is 0. The van der Waals surface area contributed by atoms with Crippen molar-refractivity contribution in [2.24, 2.45) is 0 Å². The third-order valence-corrected chi connectivity index (χ3v) is 1.99. The van der Waals surface area contributed by atoms with Crippen molar-refractivity contribution in [1.29, 1.82) is 0 Å². The number of benzene rings is 1. The van der Waals surface area contributed by atoms with E-state index in [1.54, 1.807) is 0 Å². The average Bonchev–Trinajstić information content (AvgIpc) is 1.86. The summed E-state index contributed by atoms with van der Waals surface area (Å²) in [5.41, 5.74) is 1.58. The Hall–Kier alpha value is 0.0634. The Kier molecular flexibility index (Phi) is 4.37. The standard InChI is InChI=1S/C10H14S.Zn/c1-10(2,3)8-4-6-9(11)7-5-8;/h4-7,11H,1-3H3;/q;+2/p-1. The van der Waals surface area contributed by atoms with Crippen LogP contribution in [0.2, 0.25) is 0 Å². The van der Waals surface area contributed by atoms with Gasteiger partial charge in [0, 0.05) is 0 Å². The van der Waals surface area contributed by atoms with Gasteiger partial charge in [0.05, 0.1) is 0 Å². The maximum absolute atomic E-state index is 4.99. The smallest absolute Gasteiger partial charge is 0.780 e. The summed E-state index contributed by atoms with van der Waals surface area (Å²) < 4.78 is 0. The van der Waals surface area contributed by atoms with Crippen LogP contribution in [0.25, 0.3) is 0 Å². The molecule has 1 rings (SSSR count). The molecule has 0 N–H and O–H groups in total. The van der Waals surface area contributed by atoms with Gasteiger partial charge in [-0.15, -0.1) is 0 Å². The molecule has 0 saturated carbocycles. The molecule has 0 spiro atoms. The molecule has 0 amide bonds. The summed E-state index contributed by atoms with van der Waals surface area (Å²) in [5.74, 6) is 0. The van der Waals surface area contributed by atoms with Gasteiger partial charge < -0.3 is 12.6 Å². The Bertz CT molecular complexity index is 233. The maximum atomic E-state index is 4.99. The molecule has 1 aromatic carbocycles. The van der Waals surface area contributed by atoms with E-state index in [1.165, 1.54) is 5.56 Å². The van der Waals surface area contributed by atoms with Crippen LogP contribution in [0.1, 0.15) is 26.3 Å². The quantitative estimate of drug-likeness (QED) is 0.488. The van der Waals surface area contributed by atoms with Crippen LogP contribution >= 0.6 is 0 Å². The summed E-state index contributed by atoms with van der Waals surface area (Å²) in [4.78, 5) is 0.915. The zero-order valence-corrected chi connectivity index (χ0v) is 11.7. The van der Waals surface area contributed by atoms with Crippen LogP contribution in [-0.4, -0.2) is 0 Å². The molecule has 0 bridgehead atoms. The molecular formula is C10H13SZn+. The molecule has 1 aromatic rings. The Labute approximate surface area is 92.9 Å². The summed E-state index contributed by atoms with van der Waals surface area (Å²) in [7, 11) is 0. The first-order valence-corrected chi connectivity index (χ1v) is 4.18. The molecule has 0 heterocycles. The second-order valence-corrected chi connectivity index (χ2v) is 4.25. The van der Waals surface area contributed by atoms with Gasteiger partial charge in [-0.1, -0.05) is 45.0 Å². The molecule has 60 valence electrons. The topological polar surface area (TPSA) is 0 Å². The molecule has 0 unspecified atom stereocenters. The average molecular weight is 231 g/mol. The predicted molar refractivity (Wildman–Crippen MR) is 50.8 cm³/mol. The third-order valence-electron chi connectivity index (χ3n) is 1.72. The molecule has 0 fully saturated rings. The zero-order chi connectivity index (χ0) is 8.48. The van der Waals surface area contributed by atoms with E-state index in [4.69, 9.17) is 12.6 Å². The van der Waals surface area contributed by atoms with Crippen molar-refractivity contribution in [3.05, 3.63) is 29.8 Å². The Morgan fingerprint density at radius 2 is 1.42 bits per heavy atom. The van der Waals surface area contributed by atoms with Crippen LogP contribution in [0.15, 0.2) is 29.2 Å². The monoisotopic (exact) mass is 229 g/mol. The normalized spacial score (nSPS) is 10.6. The van der Waals surface area contributed by atoms with Crippen LogP contribution in [-0.2, 0) is 37.5 Å². The van der Waals surface area contributed by atoms with E-state index in [0.29, 0.717) is 0 Å². The van der Waals surface area contributed by atoms with Crippen molar-refractivity contribution >= 4 is 12.6 Å². The minimum atomic E-state index is 0. The number of hydrogen-bond donors (Lipinski definition) is 0. The van der Waals surface area contributed by atoms with Crippen LogP contribution in [0.5, 0.6) is 0 Å². The van der Waals surface area contributed by atoms with E-state index < -0.39 is 0 Å².